The molecule has 0 radical (unpaired) electrons. The van der Waals surface area contributed by atoms with Crippen molar-refractivity contribution >= 4 is 11.8 Å². The summed E-state index contributed by atoms with van der Waals surface area (Å²) in [6.07, 6.45) is 1.55. The molecule has 0 aliphatic carbocycles. The first-order chi connectivity index (χ1) is 13.7. The van der Waals surface area contributed by atoms with Crippen molar-refractivity contribution in [3.05, 3.63) is 71.8 Å². The van der Waals surface area contributed by atoms with Gasteiger partial charge in [-0.1, -0.05) is 60.7 Å². The summed E-state index contributed by atoms with van der Waals surface area (Å²) in [5, 5.41) is 9.45. The number of piperidine rings is 1. The summed E-state index contributed by atoms with van der Waals surface area (Å²) in [5.41, 5.74) is 1.66. The van der Waals surface area contributed by atoms with E-state index in [4.69, 9.17) is 0 Å². The molecule has 2 amide bonds. The molecule has 0 saturated carbocycles. The second-order valence-corrected chi connectivity index (χ2v) is 9.20. The third kappa shape index (κ3) is 5.67. The highest BCUT2D eigenvalue weighted by molar-refractivity contribution is 6.35. The van der Waals surface area contributed by atoms with Crippen LogP contribution in [0.5, 0.6) is 0 Å². The second kappa shape index (κ2) is 8.37. The van der Waals surface area contributed by atoms with Crippen molar-refractivity contribution in [1.29, 1.82) is 0 Å². The average molecular weight is 394 g/mol. The molecule has 1 aliphatic rings. The van der Waals surface area contributed by atoms with Crippen molar-refractivity contribution < 1.29 is 9.59 Å². The average Bonchev–Trinajstić information content (AvgIpc) is 2.64. The van der Waals surface area contributed by atoms with Crippen LogP contribution in [0.4, 0.5) is 0 Å². The first-order valence-electron chi connectivity index (χ1n) is 10.2. The Labute approximate surface area is 173 Å². The monoisotopic (exact) mass is 393 g/mol. The minimum atomic E-state index is -0.614. The zero-order chi connectivity index (χ0) is 21.1. The molecule has 0 spiro atoms. The first kappa shape index (κ1) is 21.1. The number of hydrogen-bond donors (Lipinski definition) is 3. The lowest BCUT2D eigenvalue weighted by atomic mass is 9.79. The van der Waals surface area contributed by atoms with Crippen LogP contribution >= 0.6 is 0 Å². The maximum Gasteiger partial charge on any atom is 0.310 e. The van der Waals surface area contributed by atoms with Crippen molar-refractivity contribution in [3.63, 3.8) is 0 Å². The molecule has 1 saturated heterocycles. The number of rotatable bonds is 4. The highest BCUT2D eigenvalue weighted by Gasteiger charge is 2.38. The summed E-state index contributed by atoms with van der Waals surface area (Å²) < 4.78 is 0. The van der Waals surface area contributed by atoms with Gasteiger partial charge in [0.25, 0.3) is 0 Å². The lowest BCUT2D eigenvalue weighted by molar-refractivity contribution is -0.140. The predicted octanol–water partition coefficient (Wildman–Crippen LogP) is 3.32. The quantitative estimate of drug-likeness (QED) is 0.698. The van der Waals surface area contributed by atoms with Gasteiger partial charge in [0.2, 0.25) is 0 Å². The van der Waals surface area contributed by atoms with Gasteiger partial charge >= 0.3 is 11.8 Å². The Morgan fingerprint density at radius 2 is 1.28 bits per heavy atom. The predicted molar refractivity (Wildman–Crippen MR) is 115 cm³/mol. The number of benzene rings is 2. The van der Waals surface area contributed by atoms with Crippen LogP contribution in [-0.4, -0.2) is 28.9 Å². The van der Waals surface area contributed by atoms with Crippen molar-refractivity contribution in [1.82, 2.24) is 16.0 Å². The molecule has 0 unspecified atom stereocenters. The number of carbonyl (C=O) groups excluding carboxylic acids is 2. The maximum atomic E-state index is 12.8. The summed E-state index contributed by atoms with van der Waals surface area (Å²) in [4.78, 5) is 25.4. The molecule has 5 nitrogen and oxygen atoms in total. The van der Waals surface area contributed by atoms with E-state index in [-0.39, 0.29) is 23.2 Å². The van der Waals surface area contributed by atoms with Crippen molar-refractivity contribution in [2.75, 3.05) is 0 Å². The molecule has 1 fully saturated rings. The molecule has 3 N–H and O–H groups in total. The molecule has 1 aliphatic heterocycles. The van der Waals surface area contributed by atoms with E-state index >= 15 is 0 Å². The normalized spacial score (nSPS) is 18.2. The molecule has 154 valence electrons. The molecule has 3 rings (SSSR count). The van der Waals surface area contributed by atoms with E-state index < -0.39 is 11.8 Å². The number of carbonyl (C=O) groups is 2. The topological polar surface area (TPSA) is 70.2 Å². The van der Waals surface area contributed by atoms with Gasteiger partial charge in [-0.3, -0.25) is 9.59 Å². The fourth-order valence-corrected chi connectivity index (χ4v) is 4.52. The van der Waals surface area contributed by atoms with E-state index in [1.54, 1.807) is 0 Å². The molecule has 0 atom stereocenters. The van der Waals surface area contributed by atoms with Gasteiger partial charge in [0.05, 0.1) is 6.04 Å². The fraction of sp³-hybridized carbons (Fsp3) is 0.417. The number of nitrogens with one attached hydrogen (secondary N) is 3. The minimum Gasteiger partial charge on any atom is -0.345 e. The Kier molecular flexibility index (Phi) is 6.08. The Balaban J connectivity index is 1.72. The van der Waals surface area contributed by atoms with Gasteiger partial charge in [-0.25, -0.2) is 0 Å². The molecule has 5 heteroatoms. The van der Waals surface area contributed by atoms with Crippen molar-refractivity contribution in [2.24, 2.45) is 0 Å². The van der Waals surface area contributed by atoms with Gasteiger partial charge in [0.15, 0.2) is 0 Å². The largest absolute Gasteiger partial charge is 0.345 e. The van der Waals surface area contributed by atoms with Crippen LogP contribution in [0, 0.1) is 0 Å². The SMILES string of the molecule is CC1(C)CC(NC(=O)C(=O)NC(c2ccccc2)c2ccccc2)CC(C)(C)N1. The van der Waals surface area contributed by atoms with Crippen LogP contribution in [0.25, 0.3) is 0 Å². The Hall–Kier alpha value is -2.66. The van der Waals surface area contributed by atoms with Crippen molar-refractivity contribution in [2.45, 2.75) is 63.7 Å². The van der Waals surface area contributed by atoms with Gasteiger partial charge in [-0.15, -0.1) is 0 Å². The smallest absolute Gasteiger partial charge is 0.310 e. The summed E-state index contributed by atoms with van der Waals surface area (Å²) in [6.45, 7) is 8.48. The molecular formula is C24H31N3O2. The molecule has 1 heterocycles. The summed E-state index contributed by atoms with van der Waals surface area (Å²) in [6, 6.07) is 19.0. The van der Waals surface area contributed by atoms with Gasteiger partial charge in [-0.2, -0.15) is 0 Å². The fourth-order valence-electron chi connectivity index (χ4n) is 4.52. The summed E-state index contributed by atoms with van der Waals surface area (Å²) >= 11 is 0. The Morgan fingerprint density at radius 3 is 1.72 bits per heavy atom. The standard InChI is InChI=1S/C24H31N3O2/c1-23(2)15-19(16-24(3,4)27-23)25-21(28)22(29)26-20(17-11-7-5-8-12-17)18-13-9-6-10-14-18/h5-14,19-20,27H,15-16H2,1-4H3,(H,25,28)(H,26,29). The minimum absolute atomic E-state index is 0.0496. The van der Waals surface area contributed by atoms with Crippen molar-refractivity contribution in [3.8, 4) is 0 Å². The van der Waals surface area contributed by atoms with Crippen LogP contribution in [0.3, 0.4) is 0 Å². The Bertz CT molecular complexity index is 791. The van der Waals surface area contributed by atoms with E-state index in [1.807, 2.05) is 60.7 Å². The third-order valence-corrected chi connectivity index (χ3v) is 5.27. The van der Waals surface area contributed by atoms with Gasteiger partial charge < -0.3 is 16.0 Å². The highest BCUT2D eigenvalue weighted by Crippen LogP contribution is 2.28. The number of amides is 2. The van der Waals surface area contributed by atoms with Crippen LogP contribution in [0.1, 0.15) is 57.7 Å². The first-order valence-corrected chi connectivity index (χ1v) is 10.2. The van der Waals surface area contributed by atoms with Gasteiger partial charge in [0.1, 0.15) is 0 Å². The number of hydrogen-bond acceptors (Lipinski definition) is 3. The lowest BCUT2D eigenvalue weighted by Gasteiger charge is -2.46. The molecule has 0 bridgehead atoms. The van der Waals surface area contributed by atoms with E-state index in [1.165, 1.54) is 0 Å². The van der Waals surface area contributed by atoms with E-state index in [0.717, 1.165) is 24.0 Å². The highest BCUT2D eigenvalue weighted by atomic mass is 16.2. The van der Waals surface area contributed by atoms with E-state index in [9.17, 15) is 9.59 Å². The van der Waals surface area contributed by atoms with Gasteiger partial charge in [-0.05, 0) is 51.7 Å². The Morgan fingerprint density at radius 1 is 0.828 bits per heavy atom. The summed E-state index contributed by atoms with van der Waals surface area (Å²) in [5.74, 6) is -1.20. The van der Waals surface area contributed by atoms with Crippen LogP contribution in [0.15, 0.2) is 60.7 Å². The maximum absolute atomic E-state index is 12.8. The lowest BCUT2D eigenvalue weighted by Crippen LogP contribution is -2.62. The molecule has 2 aromatic rings. The second-order valence-electron chi connectivity index (χ2n) is 9.20. The van der Waals surface area contributed by atoms with Crippen LogP contribution < -0.4 is 16.0 Å². The van der Waals surface area contributed by atoms with Gasteiger partial charge in [0, 0.05) is 17.1 Å². The van der Waals surface area contributed by atoms with Crippen LogP contribution in [0.2, 0.25) is 0 Å². The zero-order valence-corrected chi connectivity index (χ0v) is 17.7. The zero-order valence-electron chi connectivity index (χ0n) is 17.7. The van der Waals surface area contributed by atoms with E-state index in [0.29, 0.717) is 0 Å². The molecule has 29 heavy (non-hydrogen) atoms. The van der Waals surface area contributed by atoms with Crippen LogP contribution in [-0.2, 0) is 9.59 Å². The van der Waals surface area contributed by atoms with E-state index in [2.05, 4.69) is 43.6 Å². The molecule has 2 aromatic carbocycles. The molecular weight excluding hydrogens is 362 g/mol. The summed E-state index contributed by atoms with van der Waals surface area (Å²) in [7, 11) is 0. The molecule has 0 aromatic heterocycles. The third-order valence-electron chi connectivity index (χ3n) is 5.27.